The summed E-state index contributed by atoms with van der Waals surface area (Å²) in [5, 5.41) is 2.78. The van der Waals surface area contributed by atoms with E-state index in [9.17, 15) is 4.79 Å². The maximum atomic E-state index is 11.4. The van der Waals surface area contributed by atoms with Crippen molar-refractivity contribution in [1.82, 2.24) is 4.98 Å². The van der Waals surface area contributed by atoms with Crippen LogP contribution in [0.5, 0.6) is 0 Å². The lowest BCUT2D eigenvalue weighted by Gasteiger charge is -2.23. The maximum absolute atomic E-state index is 11.4. The summed E-state index contributed by atoms with van der Waals surface area (Å²) >= 11 is 1.51. The van der Waals surface area contributed by atoms with E-state index >= 15 is 0 Å². The third-order valence-corrected chi connectivity index (χ3v) is 4.57. The molecule has 1 amide bonds. The van der Waals surface area contributed by atoms with Gasteiger partial charge in [0, 0.05) is 31.6 Å². The van der Waals surface area contributed by atoms with Gasteiger partial charge in [0.25, 0.3) is 0 Å². The van der Waals surface area contributed by atoms with Crippen LogP contribution in [-0.4, -0.2) is 24.5 Å². The predicted molar refractivity (Wildman–Crippen MR) is 93.8 cm³/mol. The van der Waals surface area contributed by atoms with Gasteiger partial charge < -0.3 is 4.90 Å². The van der Waals surface area contributed by atoms with Crippen molar-refractivity contribution in [3.8, 4) is 0 Å². The zero-order chi connectivity index (χ0) is 16.3. The Labute approximate surface area is 136 Å². The maximum Gasteiger partial charge on any atom is 0.225 e. The zero-order valence-corrected chi connectivity index (χ0v) is 14.7. The number of nitrogens with zero attached hydrogens (tertiary/aromatic N) is 3. The molecule has 1 aromatic carbocycles. The second-order valence-electron chi connectivity index (χ2n) is 5.56. The van der Waals surface area contributed by atoms with Crippen LogP contribution in [0, 0.1) is 13.8 Å². The van der Waals surface area contributed by atoms with Crippen LogP contribution in [0.2, 0.25) is 0 Å². The summed E-state index contributed by atoms with van der Waals surface area (Å²) in [6, 6.07) is 6.58. The van der Waals surface area contributed by atoms with Gasteiger partial charge in [0.15, 0.2) is 5.13 Å². The van der Waals surface area contributed by atoms with Gasteiger partial charge in [-0.1, -0.05) is 6.07 Å². The minimum atomic E-state index is 0.00237. The number of aromatic nitrogens is 1. The fourth-order valence-electron chi connectivity index (χ4n) is 2.37. The lowest BCUT2D eigenvalue weighted by molar-refractivity contribution is -0.116. The fourth-order valence-corrected chi connectivity index (χ4v) is 3.20. The van der Waals surface area contributed by atoms with Crippen LogP contribution in [0.1, 0.15) is 30.7 Å². The molecule has 22 heavy (non-hydrogen) atoms. The summed E-state index contributed by atoms with van der Waals surface area (Å²) in [4.78, 5) is 19.9. The molecule has 0 fully saturated rings. The number of carbonyl (C=O) groups excluding carboxylic acids is 1. The molecular weight excluding hydrogens is 294 g/mol. The number of anilines is 2. The summed E-state index contributed by atoms with van der Waals surface area (Å²) < 4.78 is 0. The zero-order valence-electron chi connectivity index (χ0n) is 13.9. The van der Waals surface area contributed by atoms with Gasteiger partial charge in [-0.2, -0.15) is 0 Å². The number of hydrogen-bond donors (Lipinski definition) is 0. The number of rotatable bonds is 5. The summed E-state index contributed by atoms with van der Waals surface area (Å²) in [6.07, 6.45) is 0. The molecule has 1 heterocycles. The molecule has 0 atom stereocenters. The fraction of sp³-hybridized carbons (Fsp3) is 0.412. The first-order chi connectivity index (χ1) is 10.4. The Morgan fingerprint density at radius 1 is 1.23 bits per heavy atom. The minimum absolute atomic E-state index is 0.00237. The van der Waals surface area contributed by atoms with Crippen molar-refractivity contribution in [1.29, 1.82) is 0 Å². The first kappa shape index (κ1) is 16.5. The van der Waals surface area contributed by atoms with Gasteiger partial charge in [-0.25, -0.2) is 4.98 Å². The third kappa shape index (κ3) is 3.85. The lowest BCUT2D eigenvalue weighted by atomic mass is 10.1. The molecule has 0 saturated carbocycles. The van der Waals surface area contributed by atoms with Gasteiger partial charge in [0.1, 0.15) is 0 Å². The van der Waals surface area contributed by atoms with Gasteiger partial charge in [-0.3, -0.25) is 9.69 Å². The lowest BCUT2D eigenvalue weighted by Crippen LogP contribution is -2.24. The normalized spacial score (nSPS) is 10.6. The average Bonchev–Trinajstić information content (AvgIpc) is 2.91. The number of carbonyl (C=O) groups is 1. The molecule has 5 heteroatoms. The molecule has 0 bridgehead atoms. The van der Waals surface area contributed by atoms with Crippen molar-refractivity contribution < 1.29 is 4.79 Å². The molecule has 2 aromatic rings. The van der Waals surface area contributed by atoms with E-state index in [2.05, 4.69) is 48.9 Å². The highest BCUT2D eigenvalue weighted by Crippen LogP contribution is 2.24. The van der Waals surface area contributed by atoms with Crippen molar-refractivity contribution in [2.75, 3.05) is 23.4 Å². The topological polar surface area (TPSA) is 36.4 Å². The number of benzene rings is 1. The highest BCUT2D eigenvalue weighted by molar-refractivity contribution is 7.14. The van der Waals surface area contributed by atoms with E-state index in [4.69, 9.17) is 0 Å². The van der Waals surface area contributed by atoms with E-state index in [0.29, 0.717) is 0 Å². The van der Waals surface area contributed by atoms with E-state index in [1.165, 1.54) is 28.2 Å². The molecule has 1 aromatic heterocycles. The van der Waals surface area contributed by atoms with E-state index < -0.39 is 0 Å². The summed E-state index contributed by atoms with van der Waals surface area (Å²) in [7, 11) is 1.76. The molecule has 0 saturated heterocycles. The van der Waals surface area contributed by atoms with E-state index in [-0.39, 0.29) is 5.91 Å². The van der Waals surface area contributed by atoms with Gasteiger partial charge in [0.05, 0.1) is 12.2 Å². The molecule has 4 nitrogen and oxygen atoms in total. The number of hydrogen-bond acceptors (Lipinski definition) is 4. The SMILES string of the molecule is CCN(Cc1csc(N(C)C(C)=O)n1)c1cc(C)cc(C)c1. The van der Waals surface area contributed by atoms with Crippen molar-refractivity contribution in [3.63, 3.8) is 0 Å². The standard InChI is InChI=1S/C17H23N3OS/c1-6-20(16-8-12(2)7-13(3)9-16)10-15-11-22-17(18-15)19(5)14(4)21/h7-9,11H,6,10H2,1-5H3. The first-order valence-electron chi connectivity index (χ1n) is 7.42. The van der Waals surface area contributed by atoms with Gasteiger partial charge >= 0.3 is 0 Å². The molecule has 2 rings (SSSR count). The number of aryl methyl sites for hydroxylation is 2. The minimum Gasteiger partial charge on any atom is -0.366 e. The molecular formula is C17H23N3OS. The summed E-state index contributed by atoms with van der Waals surface area (Å²) in [5.41, 5.74) is 4.75. The molecule has 0 aliphatic rings. The molecule has 0 unspecified atom stereocenters. The van der Waals surface area contributed by atoms with E-state index in [1.54, 1.807) is 18.9 Å². The number of thiazole rings is 1. The monoisotopic (exact) mass is 317 g/mol. The molecule has 118 valence electrons. The summed E-state index contributed by atoms with van der Waals surface area (Å²) in [5.74, 6) is 0.00237. The highest BCUT2D eigenvalue weighted by atomic mass is 32.1. The van der Waals surface area contributed by atoms with Crippen molar-refractivity contribution in [2.45, 2.75) is 34.2 Å². The van der Waals surface area contributed by atoms with E-state index in [0.717, 1.165) is 23.9 Å². The van der Waals surface area contributed by atoms with E-state index in [1.807, 2.05) is 5.38 Å². The highest BCUT2D eigenvalue weighted by Gasteiger charge is 2.13. The van der Waals surface area contributed by atoms with Crippen LogP contribution >= 0.6 is 11.3 Å². The van der Waals surface area contributed by atoms with Gasteiger partial charge in [-0.15, -0.1) is 11.3 Å². The second-order valence-corrected chi connectivity index (χ2v) is 6.40. The van der Waals surface area contributed by atoms with Crippen LogP contribution in [0.15, 0.2) is 23.6 Å². The first-order valence-corrected chi connectivity index (χ1v) is 8.30. The van der Waals surface area contributed by atoms with Gasteiger partial charge in [-0.05, 0) is 44.0 Å². The Morgan fingerprint density at radius 2 is 1.86 bits per heavy atom. The van der Waals surface area contributed by atoms with Crippen molar-refractivity contribution in [2.24, 2.45) is 0 Å². The van der Waals surface area contributed by atoms with Crippen LogP contribution in [0.25, 0.3) is 0 Å². The molecule has 0 radical (unpaired) electrons. The molecule has 0 aliphatic heterocycles. The molecule has 0 spiro atoms. The second kappa shape index (κ2) is 6.92. The Balaban J connectivity index is 2.18. The summed E-state index contributed by atoms with van der Waals surface area (Å²) in [6.45, 7) is 9.60. The molecule has 0 N–H and O–H groups in total. The van der Waals surface area contributed by atoms with Crippen molar-refractivity contribution >= 4 is 28.1 Å². The Hall–Kier alpha value is -1.88. The van der Waals surface area contributed by atoms with Crippen LogP contribution in [0.4, 0.5) is 10.8 Å². The smallest absolute Gasteiger partial charge is 0.225 e. The largest absolute Gasteiger partial charge is 0.366 e. The Morgan fingerprint density at radius 3 is 2.41 bits per heavy atom. The third-order valence-electron chi connectivity index (χ3n) is 3.61. The quantitative estimate of drug-likeness (QED) is 0.842. The Bertz CT molecular complexity index is 645. The molecule has 0 aliphatic carbocycles. The Kier molecular flexibility index (Phi) is 5.19. The van der Waals surface area contributed by atoms with Gasteiger partial charge in [0.2, 0.25) is 5.91 Å². The average molecular weight is 317 g/mol. The van der Waals surface area contributed by atoms with Crippen LogP contribution in [0.3, 0.4) is 0 Å². The van der Waals surface area contributed by atoms with Crippen LogP contribution < -0.4 is 9.80 Å². The van der Waals surface area contributed by atoms with Crippen LogP contribution in [-0.2, 0) is 11.3 Å². The predicted octanol–water partition coefficient (Wildman–Crippen LogP) is 3.77. The van der Waals surface area contributed by atoms with Crippen molar-refractivity contribution in [3.05, 3.63) is 40.4 Å². The number of amides is 1.